The Labute approximate surface area is 141 Å². The van der Waals surface area contributed by atoms with Crippen molar-refractivity contribution in [2.45, 2.75) is 6.54 Å². The van der Waals surface area contributed by atoms with E-state index in [1.807, 2.05) is 43.3 Å². The molecule has 126 valence electrons. The highest BCUT2D eigenvalue weighted by Gasteiger charge is 2.14. The second-order valence-corrected chi connectivity index (χ2v) is 5.63. The normalized spacial score (nSPS) is 10.1. The van der Waals surface area contributed by atoms with Gasteiger partial charge in [-0.2, -0.15) is 0 Å². The first-order valence-electron chi connectivity index (χ1n) is 7.55. The molecule has 0 unspecified atom stereocenters. The SMILES string of the molecule is CN(Cc1ccc(N(C)C)cc1)C(=O)COC(=O)c1cccnc1. The minimum Gasteiger partial charge on any atom is -0.452 e. The number of esters is 1. The molecular formula is C18H21N3O3. The Kier molecular flexibility index (Phi) is 5.89. The Hall–Kier alpha value is -2.89. The van der Waals surface area contributed by atoms with Crippen molar-refractivity contribution in [3.63, 3.8) is 0 Å². The van der Waals surface area contributed by atoms with Crippen molar-refractivity contribution in [1.29, 1.82) is 0 Å². The molecule has 0 N–H and O–H groups in total. The van der Waals surface area contributed by atoms with Crippen LogP contribution < -0.4 is 4.90 Å². The number of aromatic nitrogens is 1. The van der Waals surface area contributed by atoms with Crippen LogP contribution in [0.2, 0.25) is 0 Å². The largest absolute Gasteiger partial charge is 0.452 e. The first-order valence-corrected chi connectivity index (χ1v) is 7.55. The molecule has 0 saturated carbocycles. The maximum absolute atomic E-state index is 12.1. The van der Waals surface area contributed by atoms with E-state index in [4.69, 9.17) is 4.74 Å². The van der Waals surface area contributed by atoms with Crippen molar-refractivity contribution < 1.29 is 14.3 Å². The maximum atomic E-state index is 12.1. The van der Waals surface area contributed by atoms with Crippen LogP contribution in [0.15, 0.2) is 48.8 Å². The molecular weight excluding hydrogens is 306 g/mol. The summed E-state index contributed by atoms with van der Waals surface area (Å²) in [6.45, 7) is 0.164. The molecule has 24 heavy (non-hydrogen) atoms. The number of ether oxygens (including phenoxy) is 1. The summed E-state index contributed by atoms with van der Waals surface area (Å²) < 4.78 is 5.02. The van der Waals surface area contributed by atoms with Gasteiger partial charge in [0.15, 0.2) is 6.61 Å². The highest BCUT2D eigenvalue weighted by atomic mass is 16.5. The lowest BCUT2D eigenvalue weighted by molar-refractivity contribution is -0.133. The third kappa shape index (κ3) is 4.81. The summed E-state index contributed by atoms with van der Waals surface area (Å²) in [5.41, 5.74) is 2.43. The lowest BCUT2D eigenvalue weighted by Crippen LogP contribution is -2.30. The van der Waals surface area contributed by atoms with Gasteiger partial charge in [0.25, 0.3) is 5.91 Å². The molecule has 2 aromatic rings. The summed E-state index contributed by atoms with van der Waals surface area (Å²) in [4.78, 5) is 31.3. The first-order chi connectivity index (χ1) is 11.5. The van der Waals surface area contributed by atoms with Gasteiger partial charge in [0.2, 0.25) is 0 Å². The quantitative estimate of drug-likeness (QED) is 0.759. The van der Waals surface area contributed by atoms with Crippen LogP contribution in [-0.4, -0.2) is 49.5 Å². The molecule has 0 aliphatic heterocycles. The van der Waals surface area contributed by atoms with Crippen molar-refractivity contribution in [3.05, 3.63) is 59.9 Å². The summed E-state index contributed by atoms with van der Waals surface area (Å²) in [6.07, 6.45) is 2.97. The van der Waals surface area contributed by atoms with Gasteiger partial charge in [-0.1, -0.05) is 12.1 Å². The van der Waals surface area contributed by atoms with Gasteiger partial charge in [0, 0.05) is 45.8 Å². The zero-order valence-corrected chi connectivity index (χ0v) is 14.1. The van der Waals surface area contributed by atoms with E-state index in [0.717, 1.165) is 11.3 Å². The van der Waals surface area contributed by atoms with Gasteiger partial charge >= 0.3 is 5.97 Å². The fraction of sp³-hybridized carbons (Fsp3) is 0.278. The van der Waals surface area contributed by atoms with Gasteiger partial charge in [-0.25, -0.2) is 4.79 Å². The van der Waals surface area contributed by atoms with Crippen LogP contribution in [0.1, 0.15) is 15.9 Å². The van der Waals surface area contributed by atoms with Gasteiger partial charge in [-0.05, 0) is 29.8 Å². The molecule has 0 radical (unpaired) electrons. The standard InChI is InChI=1S/C18H21N3O3/c1-20(2)16-8-6-14(7-9-16)12-21(3)17(22)13-24-18(23)15-5-4-10-19-11-15/h4-11H,12-13H2,1-3H3. The van der Waals surface area contributed by atoms with E-state index in [1.54, 1.807) is 25.4 Å². The molecule has 0 saturated heterocycles. The van der Waals surface area contributed by atoms with E-state index in [0.29, 0.717) is 12.1 Å². The predicted octanol–water partition coefficient (Wildman–Crippen LogP) is 1.96. The molecule has 1 heterocycles. The van der Waals surface area contributed by atoms with Crippen LogP contribution in [0.25, 0.3) is 0 Å². The molecule has 0 fully saturated rings. The molecule has 1 aromatic heterocycles. The molecule has 0 aliphatic carbocycles. The minimum atomic E-state index is -0.555. The van der Waals surface area contributed by atoms with E-state index in [2.05, 4.69) is 4.98 Å². The smallest absolute Gasteiger partial charge is 0.340 e. The number of amides is 1. The van der Waals surface area contributed by atoms with Gasteiger partial charge in [-0.3, -0.25) is 9.78 Å². The number of likely N-dealkylation sites (N-methyl/N-ethyl adjacent to an activating group) is 1. The summed E-state index contributed by atoms with van der Waals surface area (Å²) in [7, 11) is 5.63. The number of benzene rings is 1. The summed E-state index contributed by atoms with van der Waals surface area (Å²) >= 11 is 0. The lowest BCUT2D eigenvalue weighted by atomic mass is 10.2. The second-order valence-electron chi connectivity index (χ2n) is 5.63. The van der Waals surface area contributed by atoms with Crippen LogP contribution in [0.3, 0.4) is 0 Å². The average molecular weight is 327 g/mol. The number of hydrogen-bond acceptors (Lipinski definition) is 5. The average Bonchev–Trinajstić information content (AvgIpc) is 2.60. The number of carbonyl (C=O) groups is 2. The highest BCUT2D eigenvalue weighted by Crippen LogP contribution is 2.13. The molecule has 1 amide bonds. The van der Waals surface area contributed by atoms with Crippen molar-refractivity contribution >= 4 is 17.6 Å². The van der Waals surface area contributed by atoms with Crippen LogP contribution in [-0.2, 0) is 16.1 Å². The number of rotatable bonds is 6. The van der Waals surface area contributed by atoms with Gasteiger partial charge < -0.3 is 14.5 Å². The fourth-order valence-electron chi connectivity index (χ4n) is 2.07. The van der Waals surface area contributed by atoms with Crippen LogP contribution in [0, 0.1) is 0 Å². The van der Waals surface area contributed by atoms with E-state index < -0.39 is 5.97 Å². The molecule has 0 spiro atoms. The molecule has 0 aliphatic rings. The van der Waals surface area contributed by atoms with Crippen molar-refractivity contribution in [2.75, 3.05) is 32.6 Å². The topological polar surface area (TPSA) is 62.7 Å². The maximum Gasteiger partial charge on any atom is 0.340 e. The van der Waals surface area contributed by atoms with Gasteiger partial charge in [0.1, 0.15) is 0 Å². The monoisotopic (exact) mass is 327 g/mol. The summed E-state index contributed by atoms with van der Waals surface area (Å²) in [5, 5.41) is 0. The van der Waals surface area contributed by atoms with Crippen molar-refractivity contribution in [3.8, 4) is 0 Å². The van der Waals surface area contributed by atoms with E-state index in [1.165, 1.54) is 11.1 Å². The third-order valence-corrected chi connectivity index (χ3v) is 3.52. The van der Waals surface area contributed by atoms with Crippen LogP contribution in [0.4, 0.5) is 5.69 Å². The van der Waals surface area contributed by atoms with Crippen LogP contribution >= 0.6 is 0 Å². The number of nitrogens with zero attached hydrogens (tertiary/aromatic N) is 3. The zero-order chi connectivity index (χ0) is 17.5. The Balaban J connectivity index is 1.84. The van der Waals surface area contributed by atoms with Crippen LogP contribution in [0.5, 0.6) is 0 Å². The molecule has 6 nitrogen and oxygen atoms in total. The minimum absolute atomic E-state index is 0.260. The van der Waals surface area contributed by atoms with Gasteiger partial charge in [-0.15, -0.1) is 0 Å². The fourth-order valence-corrected chi connectivity index (χ4v) is 2.07. The molecule has 6 heteroatoms. The molecule has 0 bridgehead atoms. The lowest BCUT2D eigenvalue weighted by Gasteiger charge is -2.18. The van der Waals surface area contributed by atoms with E-state index >= 15 is 0 Å². The Morgan fingerprint density at radius 3 is 2.38 bits per heavy atom. The Morgan fingerprint density at radius 1 is 1.08 bits per heavy atom. The number of carbonyl (C=O) groups excluding carboxylic acids is 2. The molecule has 1 aromatic carbocycles. The second kappa shape index (κ2) is 8.10. The Morgan fingerprint density at radius 2 is 1.79 bits per heavy atom. The number of hydrogen-bond donors (Lipinski definition) is 0. The summed E-state index contributed by atoms with van der Waals surface area (Å²) in [5.74, 6) is -0.816. The van der Waals surface area contributed by atoms with E-state index in [-0.39, 0.29) is 12.5 Å². The summed E-state index contributed by atoms with van der Waals surface area (Å²) in [6, 6.07) is 11.2. The highest BCUT2D eigenvalue weighted by molar-refractivity contribution is 5.90. The number of anilines is 1. The predicted molar refractivity (Wildman–Crippen MR) is 91.8 cm³/mol. The van der Waals surface area contributed by atoms with Gasteiger partial charge in [0.05, 0.1) is 5.56 Å². The van der Waals surface area contributed by atoms with Crippen molar-refractivity contribution in [2.24, 2.45) is 0 Å². The molecule has 2 rings (SSSR count). The molecule has 0 atom stereocenters. The van der Waals surface area contributed by atoms with Crippen molar-refractivity contribution in [1.82, 2.24) is 9.88 Å². The Bertz CT molecular complexity index is 684. The van der Waals surface area contributed by atoms with E-state index in [9.17, 15) is 9.59 Å². The zero-order valence-electron chi connectivity index (χ0n) is 14.1. The number of pyridine rings is 1. The first kappa shape index (κ1) is 17.5. The third-order valence-electron chi connectivity index (χ3n) is 3.52.